The van der Waals surface area contributed by atoms with E-state index in [0.717, 1.165) is 32.1 Å². The Kier molecular flexibility index (Phi) is 7.05. The standard InChI is InChI=1S/C24H30N2O4S/c27-24(26-13-11-20(12-14-26)16-19-6-2-1-3-7-19)21-8-4-10-23(17-21)31(28,29)25-18-22-9-5-15-30-22/h1-4,6-8,10,17,20,22,25H,5,9,11-16,18H2. The SMILES string of the molecule is O=C(c1cccc(S(=O)(=O)NCC2CCCO2)c1)N1CCC(Cc2ccccc2)CC1. The van der Waals surface area contributed by atoms with E-state index in [1.54, 1.807) is 12.1 Å². The van der Waals surface area contributed by atoms with Gasteiger partial charge in [-0.3, -0.25) is 4.79 Å². The lowest BCUT2D eigenvalue weighted by Gasteiger charge is -2.32. The van der Waals surface area contributed by atoms with E-state index in [2.05, 4.69) is 29.0 Å². The Morgan fingerprint density at radius 1 is 1.03 bits per heavy atom. The van der Waals surface area contributed by atoms with Crippen molar-refractivity contribution in [3.63, 3.8) is 0 Å². The zero-order chi connectivity index (χ0) is 21.7. The fraction of sp³-hybridized carbons (Fsp3) is 0.458. The van der Waals surface area contributed by atoms with Gasteiger partial charge in [0.1, 0.15) is 0 Å². The number of likely N-dealkylation sites (tertiary alicyclic amines) is 1. The van der Waals surface area contributed by atoms with E-state index in [9.17, 15) is 13.2 Å². The summed E-state index contributed by atoms with van der Waals surface area (Å²) in [5.74, 6) is 0.467. The number of hydrogen-bond acceptors (Lipinski definition) is 4. The van der Waals surface area contributed by atoms with Crippen molar-refractivity contribution >= 4 is 15.9 Å². The normalized spacial score (nSPS) is 20.1. The van der Waals surface area contributed by atoms with Crippen LogP contribution in [0.15, 0.2) is 59.5 Å². The predicted molar refractivity (Wildman–Crippen MR) is 119 cm³/mol. The van der Waals surface area contributed by atoms with E-state index in [1.807, 2.05) is 11.0 Å². The molecule has 7 heteroatoms. The lowest BCUT2D eigenvalue weighted by Crippen LogP contribution is -2.39. The minimum absolute atomic E-state index is 0.0724. The molecular formula is C24H30N2O4S. The van der Waals surface area contributed by atoms with Crippen LogP contribution in [0.3, 0.4) is 0 Å². The Hall–Kier alpha value is -2.22. The average Bonchev–Trinajstić information content (AvgIpc) is 3.33. The molecule has 6 nitrogen and oxygen atoms in total. The molecule has 2 fully saturated rings. The maximum atomic E-state index is 13.0. The summed E-state index contributed by atoms with van der Waals surface area (Å²) in [6, 6.07) is 16.8. The molecule has 166 valence electrons. The monoisotopic (exact) mass is 442 g/mol. The van der Waals surface area contributed by atoms with Gasteiger partial charge in [-0.25, -0.2) is 13.1 Å². The molecule has 2 saturated heterocycles. The molecule has 0 radical (unpaired) electrons. The highest BCUT2D eigenvalue weighted by atomic mass is 32.2. The van der Waals surface area contributed by atoms with E-state index in [1.165, 1.54) is 17.7 Å². The van der Waals surface area contributed by atoms with Crippen molar-refractivity contribution in [1.82, 2.24) is 9.62 Å². The van der Waals surface area contributed by atoms with Crippen molar-refractivity contribution in [3.8, 4) is 0 Å². The number of hydrogen-bond donors (Lipinski definition) is 1. The molecule has 1 N–H and O–H groups in total. The molecular weight excluding hydrogens is 412 g/mol. The van der Waals surface area contributed by atoms with E-state index in [0.29, 0.717) is 31.2 Å². The number of nitrogens with zero attached hydrogens (tertiary/aromatic N) is 1. The van der Waals surface area contributed by atoms with Gasteiger partial charge in [0.2, 0.25) is 10.0 Å². The number of rotatable bonds is 7. The first-order chi connectivity index (χ1) is 15.0. The van der Waals surface area contributed by atoms with Gasteiger partial charge in [-0.15, -0.1) is 0 Å². The number of sulfonamides is 1. The Labute approximate surface area is 184 Å². The summed E-state index contributed by atoms with van der Waals surface area (Å²) in [5, 5.41) is 0. The van der Waals surface area contributed by atoms with E-state index in [-0.39, 0.29) is 23.5 Å². The maximum absolute atomic E-state index is 13.0. The minimum Gasteiger partial charge on any atom is -0.377 e. The third-order valence-corrected chi connectivity index (χ3v) is 7.61. The molecule has 2 aromatic rings. The van der Waals surface area contributed by atoms with Gasteiger partial charge in [0.15, 0.2) is 0 Å². The van der Waals surface area contributed by atoms with Crippen LogP contribution >= 0.6 is 0 Å². The van der Waals surface area contributed by atoms with Crippen molar-refractivity contribution in [1.29, 1.82) is 0 Å². The highest BCUT2D eigenvalue weighted by Gasteiger charge is 2.25. The molecule has 1 atom stereocenters. The third-order valence-electron chi connectivity index (χ3n) is 6.19. The molecule has 0 bridgehead atoms. The second-order valence-electron chi connectivity index (χ2n) is 8.44. The second-order valence-corrected chi connectivity index (χ2v) is 10.2. The van der Waals surface area contributed by atoms with Crippen molar-refractivity contribution < 1.29 is 17.9 Å². The van der Waals surface area contributed by atoms with Crippen molar-refractivity contribution in [2.75, 3.05) is 26.2 Å². The van der Waals surface area contributed by atoms with Gasteiger partial charge in [-0.05, 0) is 61.8 Å². The zero-order valence-electron chi connectivity index (χ0n) is 17.7. The molecule has 1 amide bonds. The van der Waals surface area contributed by atoms with Crippen LogP contribution in [-0.4, -0.2) is 51.6 Å². The highest BCUT2D eigenvalue weighted by molar-refractivity contribution is 7.89. The summed E-state index contributed by atoms with van der Waals surface area (Å²) < 4.78 is 33.4. The number of piperidine rings is 1. The lowest BCUT2D eigenvalue weighted by molar-refractivity contribution is 0.0690. The smallest absolute Gasteiger partial charge is 0.253 e. The van der Waals surface area contributed by atoms with Crippen molar-refractivity contribution in [2.24, 2.45) is 5.92 Å². The Bertz CT molecular complexity index is 980. The summed E-state index contributed by atoms with van der Waals surface area (Å²) >= 11 is 0. The lowest BCUT2D eigenvalue weighted by atomic mass is 9.90. The van der Waals surface area contributed by atoms with Gasteiger partial charge >= 0.3 is 0 Å². The Morgan fingerprint density at radius 3 is 2.52 bits per heavy atom. The van der Waals surface area contributed by atoms with Gasteiger partial charge in [-0.2, -0.15) is 0 Å². The molecule has 2 aliphatic heterocycles. The van der Waals surface area contributed by atoms with Crippen LogP contribution in [0.1, 0.15) is 41.6 Å². The quantitative estimate of drug-likeness (QED) is 0.714. The second kappa shape index (κ2) is 9.94. The van der Waals surface area contributed by atoms with Gasteiger partial charge in [0.25, 0.3) is 5.91 Å². The number of ether oxygens (including phenoxy) is 1. The van der Waals surface area contributed by atoms with Gasteiger partial charge in [0, 0.05) is 31.8 Å². The number of carbonyl (C=O) groups is 1. The third kappa shape index (κ3) is 5.73. The first kappa shape index (κ1) is 22.0. The first-order valence-electron chi connectivity index (χ1n) is 11.1. The summed E-state index contributed by atoms with van der Waals surface area (Å²) in [4.78, 5) is 15.0. The Morgan fingerprint density at radius 2 is 1.81 bits per heavy atom. The van der Waals surface area contributed by atoms with E-state index in [4.69, 9.17) is 4.74 Å². The highest BCUT2D eigenvalue weighted by Crippen LogP contribution is 2.23. The summed E-state index contributed by atoms with van der Waals surface area (Å²) in [6.07, 6.45) is 4.70. The van der Waals surface area contributed by atoms with E-state index < -0.39 is 10.0 Å². The van der Waals surface area contributed by atoms with Crippen LogP contribution in [0, 0.1) is 5.92 Å². The fourth-order valence-corrected chi connectivity index (χ4v) is 5.47. The molecule has 1 unspecified atom stereocenters. The number of benzene rings is 2. The molecule has 0 aliphatic carbocycles. The average molecular weight is 443 g/mol. The van der Waals surface area contributed by atoms with Gasteiger partial charge in [0.05, 0.1) is 11.0 Å². The van der Waals surface area contributed by atoms with Crippen molar-refractivity contribution in [2.45, 2.75) is 43.1 Å². The molecule has 2 aromatic carbocycles. The molecule has 0 spiro atoms. The zero-order valence-corrected chi connectivity index (χ0v) is 18.5. The number of nitrogens with one attached hydrogen (secondary N) is 1. The predicted octanol–water partition coefficient (Wildman–Crippen LogP) is 3.24. The van der Waals surface area contributed by atoms with Gasteiger partial charge < -0.3 is 9.64 Å². The number of amides is 1. The van der Waals surface area contributed by atoms with Crippen molar-refractivity contribution in [3.05, 3.63) is 65.7 Å². The largest absolute Gasteiger partial charge is 0.377 e. The fourth-order valence-electron chi connectivity index (χ4n) is 4.36. The van der Waals surface area contributed by atoms with Crippen LogP contribution in [0.5, 0.6) is 0 Å². The summed E-state index contributed by atoms with van der Waals surface area (Å²) in [5.41, 5.74) is 1.75. The first-order valence-corrected chi connectivity index (χ1v) is 12.5. The van der Waals surface area contributed by atoms with Crippen LogP contribution < -0.4 is 4.72 Å². The molecule has 2 heterocycles. The van der Waals surface area contributed by atoms with Crippen LogP contribution in [-0.2, 0) is 21.2 Å². The topological polar surface area (TPSA) is 75.7 Å². The number of carbonyl (C=O) groups excluding carboxylic acids is 1. The minimum atomic E-state index is -3.68. The summed E-state index contributed by atoms with van der Waals surface area (Å²) in [7, 11) is -3.68. The molecule has 0 aromatic heterocycles. The van der Waals surface area contributed by atoms with E-state index >= 15 is 0 Å². The van der Waals surface area contributed by atoms with Gasteiger partial charge in [-0.1, -0.05) is 36.4 Å². The molecule has 4 rings (SSSR count). The molecule has 31 heavy (non-hydrogen) atoms. The van der Waals surface area contributed by atoms with Crippen LogP contribution in [0.25, 0.3) is 0 Å². The summed E-state index contributed by atoms with van der Waals surface area (Å²) in [6.45, 7) is 2.34. The molecule has 0 saturated carbocycles. The van der Waals surface area contributed by atoms with Crippen LogP contribution in [0.2, 0.25) is 0 Å². The maximum Gasteiger partial charge on any atom is 0.253 e. The van der Waals surface area contributed by atoms with Crippen LogP contribution in [0.4, 0.5) is 0 Å². The Balaban J connectivity index is 1.34. The molecule has 2 aliphatic rings.